The number of methoxy groups -OCH3 is 1. The lowest BCUT2D eigenvalue weighted by Crippen LogP contribution is -2.10. The number of benzene rings is 2. The van der Waals surface area contributed by atoms with Gasteiger partial charge in [0, 0.05) is 0 Å². The molecule has 104 valence electrons. The van der Waals surface area contributed by atoms with Gasteiger partial charge in [-0.3, -0.25) is 0 Å². The Hall–Kier alpha value is -2.17. The van der Waals surface area contributed by atoms with Crippen molar-refractivity contribution in [1.29, 1.82) is 0 Å². The van der Waals surface area contributed by atoms with Gasteiger partial charge in [-0.1, -0.05) is 42.5 Å². The number of hydrogen-bond donors (Lipinski definition) is 2. The number of rotatable bonds is 4. The molecule has 2 atom stereocenters. The molecule has 0 saturated carbocycles. The van der Waals surface area contributed by atoms with Crippen LogP contribution in [0.5, 0.6) is 0 Å². The average Bonchev–Trinajstić information content (AvgIpc) is 2.53. The first kappa shape index (κ1) is 14.2. The number of aliphatic hydroxyl groups excluding tert-OH is 2. The second-order valence-corrected chi connectivity index (χ2v) is 4.41. The fraction of sp³-hybridized carbons (Fsp3) is 0.188. The largest absolute Gasteiger partial charge is 0.465 e. The number of carbonyl (C=O) groups excluding carboxylic acids is 1. The molecule has 0 aliphatic carbocycles. The van der Waals surface area contributed by atoms with Crippen molar-refractivity contribution in [3.63, 3.8) is 0 Å². The molecule has 4 heteroatoms. The zero-order valence-electron chi connectivity index (χ0n) is 11.1. The smallest absolute Gasteiger partial charge is 0.337 e. The fourth-order valence-electron chi connectivity index (χ4n) is 1.95. The lowest BCUT2D eigenvalue weighted by atomic mass is 9.97. The minimum Gasteiger partial charge on any atom is -0.465 e. The molecule has 0 unspecified atom stereocenters. The first-order valence-electron chi connectivity index (χ1n) is 6.23. The molecule has 2 aromatic carbocycles. The summed E-state index contributed by atoms with van der Waals surface area (Å²) in [5.41, 5.74) is 1.57. The Labute approximate surface area is 117 Å². The van der Waals surface area contributed by atoms with E-state index in [9.17, 15) is 15.0 Å². The maximum atomic E-state index is 11.3. The van der Waals surface area contributed by atoms with Crippen LogP contribution in [0.4, 0.5) is 0 Å². The van der Waals surface area contributed by atoms with Crippen molar-refractivity contribution < 1.29 is 19.7 Å². The first-order valence-corrected chi connectivity index (χ1v) is 6.23. The quantitative estimate of drug-likeness (QED) is 0.838. The van der Waals surface area contributed by atoms with Crippen LogP contribution in [0.25, 0.3) is 0 Å². The van der Waals surface area contributed by atoms with E-state index in [-0.39, 0.29) is 0 Å². The van der Waals surface area contributed by atoms with Gasteiger partial charge in [-0.25, -0.2) is 4.79 Å². The van der Waals surface area contributed by atoms with Gasteiger partial charge in [-0.2, -0.15) is 0 Å². The number of ether oxygens (including phenoxy) is 1. The Bertz CT molecular complexity index is 563. The van der Waals surface area contributed by atoms with Gasteiger partial charge >= 0.3 is 5.97 Å². The predicted molar refractivity (Wildman–Crippen MR) is 74.1 cm³/mol. The van der Waals surface area contributed by atoms with Crippen LogP contribution in [0, 0.1) is 0 Å². The van der Waals surface area contributed by atoms with Gasteiger partial charge in [0.1, 0.15) is 12.2 Å². The summed E-state index contributed by atoms with van der Waals surface area (Å²) in [5, 5.41) is 20.3. The second kappa shape index (κ2) is 6.32. The minimum absolute atomic E-state index is 0.401. The monoisotopic (exact) mass is 272 g/mol. The lowest BCUT2D eigenvalue weighted by molar-refractivity contribution is 0.0172. The molecule has 2 N–H and O–H groups in total. The van der Waals surface area contributed by atoms with Crippen LogP contribution in [-0.2, 0) is 4.74 Å². The molecular formula is C16H16O4. The highest BCUT2D eigenvalue weighted by atomic mass is 16.5. The van der Waals surface area contributed by atoms with E-state index in [1.807, 2.05) is 6.07 Å². The van der Waals surface area contributed by atoms with E-state index in [1.54, 1.807) is 48.5 Å². The van der Waals surface area contributed by atoms with Crippen LogP contribution < -0.4 is 0 Å². The van der Waals surface area contributed by atoms with Gasteiger partial charge in [-0.05, 0) is 23.3 Å². The van der Waals surface area contributed by atoms with Gasteiger partial charge in [-0.15, -0.1) is 0 Å². The zero-order chi connectivity index (χ0) is 14.5. The number of hydrogen-bond acceptors (Lipinski definition) is 4. The van der Waals surface area contributed by atoms with E-state index in [0.717, 1.165) is 0 Å². The molecule has 0 saturated heterocycles. The Morgan fingerprint density at radius 2 is 1.40 bits per heavy atom. The molecule has 0 aliphatic heterocycles. The molecule has 0 aliphatic rings. The molecule has 4 nitrogen and oxygen atoms in total. The zero-order valence-corrected chi connectivity index (χ0v) is 11.1. The number of aliphatic hydroxyl groups is 2. The van der Waals surface area contributed by atoms with Crippen molar-refractivity contribution in [1.82, 2.24) is 0 Å². The topological polar surface area (TPSA) is 66.8 Å². The van der Waals surface area contributed by atoms with E-state index < -0.39 is 18.2 Å². The van der Waals surface area contributed by atoms with Crippen LogP contribution in [0.15, 0.2) is 54.6 Å². The van der Waals surface area contributed by atoms with E-state index in [2.05, 4.69) is 4.74 Å². The van der Waals surface area contributed by atoms with Gasteiger partial charge in [0.2, 0.25) is 0 Å². The summed E-state index contributed by atoms with van der Waals surface area (Å²) < 4.78 is 4.60. The maximum Gasteiger partial charge on any atom is 0.337 e. The summed E-state index contributed by atoms with van der Waals surface area (Å²) in [6.45, 7) is 0. The molecule has 0 aromatic heterocycles. The van der Waals surface area contributed by atoms with E-state index in [4.69, 9.17) is 0 Å². The summed E-state index contributed by atoms with van der Waals surface area (Å²) in [6.07, 6.45) is -2.07. The second-order valence-electron chi connectivity index (χ2n) is 4.41. The van der Waals surface area contributed by atoms with Crippen molar-refractivity contribution in [3.8, 4) is 0 Å². The van der Waals surface area contributed by atoms with Crippen molar-refractivity contribution in [2.75, 3.05) is 7.11 Å². The van der Waals surface area contributed by atoms with Crippen molar-refractivity contribution in [3.05, 3.63) is 71.3 Å². The molecule has 2 aromatic rings. The minimum atomic E-state index is -1.05. The highest BCUT2D eigenvalue weighted by Crippen LogP contribution is 2.28. The number of carbonyl (C=O) groups is 1. The van der Waals surface area contributed by atoms with Crippen LogP contribution in [0.1, 0.15) is 33.7 Å². The predicted octanol–water partition coefficient (Wildman–Crippen LogP) is 2.24. The molecule has 0 spiro atoms. The fourth-order valence-corrected chi connectivity index (χ4v) is 1.95. The molecule has 0 amide bonds. The van der Waals surface area contributed by atoms with Crippen molar-refractivity contribution >= 4 is 5.97 Å². The molecule has 0 fully saturated rings. The summed E-state index contributed by atoms with van der Waals surface area (Å²) in [4.78, 5) is 11.3. The molecular weight excluding hydrogens is 256 g/mol. The summed E-state index contributed by atoms with van der Waals surface area (Å²) in [6, 6.07) is 15.2. The molecule has 0 radical (unpaired) electrons. The van der Waals surface area contributed by atoms with Crippen LogP contribution in [0.2, 0.25) is 0 Å². The Balaban J connectivity index is 2.17. The van der Waals surface area contributed by atoms with Gasteiger partial charge < -0.3 is 14.9 Å². The van der Waals surface area contributed by atoms with E-state index in [1.165, 1.54) is 7.11 Å². The summed E-state index contributed by atoms with van der Waals surface area (Å²) in [7, 11) is 1.31. The lowest BCUT2D eigenvalue weighted by Gasteiger charge is -2.18. The average molecular weight is 272 g/mol. The normalized spacial score (nSPS) is 13.6. The SMILES string of the molecule is COC(=O)c1ccc([C@@H](O)[C@H](O)c2ccccc2)cc1. The highest BCUT2D eigenvalue weighted by molar-refractivity contribution is 5.89. The summed E-state index contributed by atoms with van der Waals surface area (Å²) >= 11 is 0. The van der Waals surface area contributed by atoms with E-state index >= 15 is 0 Å². The Kier molecular flexibility index (Phi) is 4.50. The van der Waals surface area contributed by atoms with Gasteiger partial charge in [0.05, 0.1) is 12.7 Å². The maximum absolute atomic E-state index is 11.3. The van der Waals surface area contributed by atoms with Gasteiger partial charge in [0.15, 0.2) is 0 Å². The first-order chi connectivity index (χ1) is 9.63. The molecule has 20 heavy (non-hydrogen) atoms. The number of esters is 1. The Morgan fingerprint density at radius 3 is 1.90 bits per heavy atom. The highest BCUT2D eigenvalue weighted by Gasteiger charge is 2.20. The van der Waals surface area contributed by atoms with Crippen LogP contribution in [0.3, 0.4) is 0 Å². The molecule has 0 heterocycles. The van der Waals surface area contributed by atoms with Crippen molar-refractivity contribution in [2.45, 2.75) is 12.2 Å². The van der Waals surface area contributed by atoms with Crippen molar-refractivity contribution in [2.24, 2.45) is 0 Å². The molecule has 2 rings (SSSR count). The third-order valence-corrected chi connectivity index (χ3v) is 3.11. The van der Waals surface area contributed by atoms with Crippen LogP contribution in [-0.4, -0.2) is 23.3 Å². The molecule has 0 bridgehead atoms. The third-order valence-electron chi connectivity index (χ3n) is 3.11. The van der Waals surface area contributed by atoms with E-state index in [0.29, 0.717) is 16.7 Å². The van der Waals surface area contributed by atoms with Gasteiger partial charge in [0.25, 0.3) is 0 Å². The van der Waals surface area contributed by atoms with Crippen LogP contribution >= 0.6 is 0 Å². The standard InChI is InChI=1S/C16H16O4/c1-20-16(19)13-9-7-12(8-10-13)15(18)14(17)11-5-3-2-4-6-11/h2-10,14-15,17-18H,1H3/t14-,15-/m1/s1. The Morgan fingerprint density at radius 1 is 0.900 bits per heavy atom. The summed E-state index contributed by atoms with van der Waals surface area (Å²) in [5.74, 6) is -0.436. The third kappa shape index (κ3) is 3.04.